The van der Waals surface area contributed by atoms with Crippen LogP contribution in [0.15, 0.2) is 84.9 Å². The summed E-state index contributed by atoms with van der Waals surface area (Å²) in [4.78, 5) is 27.6. The van der Waals surface area contributed by atoms with Crippen LogP contribution < -0.4 is 15.5 Å². The van der Waals surface area contributed by atoms with Gasteiger partial charge in [-0.3, -0.25) is 9.59 Å². The third kappa shape index (κ3) is 5.69. The Bertz CT molecular complexity index is 939. The Hall–Kier alpha value is -3.60. The van der Waals surface area contributed by atoms with Crippen LogP contribution in [0.2, 0.25) is 0 Å². The van der Waals surface area contributed by atoms with Gasteiger partial charge in [-0.25, -0.2) is 0 Å². The van der Waals surface area contributed by atoms with Gasteiger partial charge in [0.1, 0.15) is 6.04 Å². The first-order valence-electron chi connectivity index (χ1n) is 9.51. The van der Waals surface area contributed by atoms with E-state index in [0.717, 1.165) is 11.3 Å². The summed E-state index contributed by atoms with van der Waals surface area (Å²) in [6.07, 6.45) is 0.404. The maximum absolute atomic E-state index is 12.9. The molecule has 0 aliphatic carbocycles. The van der Waals surface area contributed by atoms with Gasteiger partial charge in [0, 0.05) is 37.5 Å². The van der Waals surface area contributed by atoms with E-state index in [1.54, 1.807) is 12.1 Å². The number of carbonyl (C=O) groups is 2. The molecule has 5 nitrogen and oxygen atoms in total. The number of rotatable bonds is 7. The van der Waals surface area contributed by atoms with Crippen molar-refractivity contribution in [2.75, 3.05) is 24.3 Å². The monoisotopic (exact) mass is 387 g/mol. The van der Waals surface area contributed by atoms with E-state index in [4.69, 9.17) is 0 Å². The van der Waals surface area contributed by atoms with Crippen LogP contribution in [-0.4, -0.2) is 32.0 Å². The molecule has 0 saturated carbocycles. The van der Waals surface area contributed by atoms with E-state index >= 15 is 0 Å². The number of hydrogen-bond donors (Lipinski definition) is 2. The largest absolute Gasteiger partial charge is 0.378 e. The highest BCUT2D eigenvalue weighted by atomic mass is 16.2. The van der Waals surface area contributed by atoms with Crippen molar-refractivity contribution in [3.63, 3.8) is 0 Å². The van der Waals surface area contributed by atoms with E-state index in [-0.39, 0.29) is 11.8 Å². The Balaban J connectivity index is 1.76. The van der Waals surface area contributed by atoms with Crippen LogP contribution in [0.25, 0.3) is 0 Å². The third-order valence-electron chi connectivity index (χ3n) is 4.59. The summed E-state index contributed by atoms with van der Waals surface area (Å²) in [6, 6.07) is 25.5. The lowest BCUT2D eigenvalue weighted by atomic mass is 10.0. The third-order valence-corrected chi connectivity index (χ3v) is 4.59. The second kappa shape index (κ2) is 9.55. The van der Waals surface area contributed by atoms with Gasteiger partial charge in [-0.15, -0.1) is 0 Å². The highest BCUT2D eigenvalue weighted by Gasteiger charge is 2.22. The molecule has 3 aromatic carbocycles. The van der Waals surface area contributed by atoms with Crippen LogP contribution in [0.4, 0.5) is 11.4 Å². The van der Waals surface area contributed by atoms with E-state index in [9.17, 15) is 9.59 Å². The maximum Gasteiger partial charge on any atom is 0.251 e. The van der Waals surface area contributed by atoms with Crippen LogP contribution in [-0.2, 0) is 11.2 Å². The number of nitrogens with zero attached hydrogens (tertiary/aromatic N) is 1. The SMILES string of the molecule is CN(C)c1ccc(C(=O)N[C@@H](Cc2ccccc2)C(=O)Nc2ccccc2)cc1. The number of benzene rings is 3. The number of amides is 2. The molecule has 0 aliphatic rings. The van der Waals surface area contributed by atoms with Crippen molar-refractivity contribution in [2.24, 2.45) is 0 Å². The van der Waals surface area contributed by atoms with Crippen molar-refractivity contribution < 1.29 is 9.59 Å². The Morgan fingerprint density at radius 2 is 1.41 bits per heavy atom. The fraction of sp³-hybridized carbons (Fsp3) is 0.167. The molecular formula is C24H25N3O2. The molecule has 0 heterocycles. The second-order valence-electron chi connectivity index (χ2n) is 7.01. The van der Waals surface area contributed by atoms with E-state index in [1.807, 2.05) is 91.8 Å². The molecule has 1 atom stereocenters. The summed E-state index contributed by atoms with van der Waals surface area (Å²) in [5, 5.41) is 5.77. The highest BCUT2D eigenvalue weighted by molar-refractivity contribution is 6.01. The molecule has 5 heteroatoms. The minimum atomic E-state index is -0.696. The first-order chi connectivity index (χ1) is 14.0. The second-order valence-corrected chi connectivity index (χ2v) is 7.01. The summed E-state index contributed by atoms with van der Waals surface area (Å²) in [7, 11) is 3.89. The minimum absolute atomic E-state index is 0.252. The van der Waals surface area contributed by atoms with Crippen LogP contribution in [0, 0.1) is 0 Å². The normalized spacial score (nSPS) is 11.4. The number of anilines is 2. The summed E-state index contributed by atoms with van der Waals surface area (Å²) < 4.78 is 0. The Kier molecular flexibility index (Phi) is 6.63. The zero-order valence-electron chi connectivity index (χ0n) is 16.6. The molecule has 0 spiro atoms. The van der Waals surface area contributed by atoms with Gasteiger partial charge in [0.2, 0.25) is 5.91 Å². The molecule has 0 aliphatic heterocycles. The van der Waals surface area contributed by atoms with Gasteiger partial charge in [0.15, 0.2) is 0 Å². The quantitative estimate of drug-likeness (QED) is 0.649. The summed E-state index contributed by atoms with van der Waals surface area (Å²) in [5.41, 5.74) is 3.19. The predicted molar refractivity (Wildman–Crippen MR) is 117 cm³/mol. The molecule has 0 unspecified atom stereocenters. The topological polar surface area (TPSA) is 61.4 Å². The van der Waals surface area contributed by atoms with Crippen LogP contribution in [0.5, 0.6) is 0 Å². The first-order valence-corrected chi connectivity index (χ1v) is 9.51. The van der Waals surface area contributed by atoms with E-state index in [1.165, 1.54) is 0 Å². The summed E-state index contributed by atoms with van der Waals surface area (Å²) >= 11 is 0. The Labute approximate surface area is 171 Å². The standard InChI is InChI=1S/C24H25N3O2/c1-27(2)21-15-13-19(14-16-21)23(28)26-22(17-18-9-5-3-6-10-18)24(29)25-20-11-7-4-8-12-20/h3-16,22H,17H2,1-2H3,(H,25,29)(H,26,28)/t22-/m0/s1. The van der Waals surface area contributed by atoms with Crippen molar-refractivity contribution in [3.05, 3.63) is 96.1 Å². The first kappa shape index (κ1) is 20.1. The zero-order valence-corrected chi connectivity index (χ0v) is 16.6. The average Bonchev–Trinajstić information content (AvgIpc) is 2.74. The fourth-order valence-electron chi connectivity index (χ4n) is 2.96. The number of carbonyl (C=O) groups excluding carboxylic acids is 2. The Morgan fingerprint density at radius 1 is 0.828 bits per heavy atom. The molecular weight excluding hydrogens is 362 g/mol. The number of para-hydroxylation sites is 1. The molecule has 0 saturated heterocycles. The van der Waals surface area contributed by atoms with E-state index in [0.29, 0.717) is 17.7 Å². The molecule has 2 N–H and O–H groups in total. The summed E-state index contributed by atoms with van der Waals surface area (Å²) in [6.45, 7) is 0. The average molecular weight is 387 g/mol. The van der Waals surface area contributed by atoms with Crippen molar-refractivity contribution in [1.29, 1.82) is 0 Å². The van der Waals surface area contributed by atoms with Gasteiger partial charge in [-0.2, -0.15) is 0 Å². The van der Waals surface area contributed by atoms with Gasteiger partial charge >= 0.3 is 0 Å². The molecule has 2 amide bonds. The maximum atomic E-state index is 12.9. The molecule has 29 heavy (non-hydrogen) atoms. The number of nitrogens with one attached hydrogen (secondary N) is 2. The van der Waals surface area contributed by atoms with Crippen LogP contribution >= 0.6 is 0 Å². The number of hydrogen-bond acceptors (Lipinski definition) is 3. The molecule has 0 bridgehead atoms. The smallest absolute Gasteiger partial charge is 0.251 e. The van der Waals surface area contributed by atoms with Gasteiger partial charge < -0.3 is 15.5 Å². The molecule has 3 rings (SSSR count). The van der Waals surface area contributed by atoms with Gasteiger partial charge in [-0.1, -0.05) is 48.5 Å². The van der Waals surface area contributed by atoms with Gasteiger partial charge in [-0.05, 0) is 42.0 Å². The Morgan fingerprint density at radius 3 is 2.00 bits per heavy atom. The molecule has 0 fully saturated rings. The minimum Gasteiger partial charge on any atom is -0.378 e. The molecule has 3 aromatic rings. The van der Waals surface area contributed by atoms with E-state index < -0.39 is 6.04 Å². The lowest BCUT2D eigenvalue weighted by Crippen LogP contribution is -2.45. The van der Waals surface area contributed by atoms with Crippen molar-refractivity contribution in [1.82, 2.24) is 5.32 Å². The van der Waals surface area contributed by atoms with E-state index in [2.05, 4.69) is 10.6 Å². The van der Waals surface area contributed by atoms with Crippen LogP contribution in [0.3, 0.4) is 0 Å². The fourth-order valence-corrected chi connectivity index (χ4v) is 2.96. The zero-order chi connectivity index (χ0) is 20.6. The van der Waals surface area contributed by atoms with Crippen molar-refractivity contribution >= 4 is 23.2 Å². The molecule has 0 radical (unpaired) electrons. The summed E-state index contributed by atoms with van der Waals surface area (Å²) in [5.74, 6) is -0.530. The molecule has 0 aromatic heterocycles. The lowest BCUT2D eigenvalue weighted by Gasteiger charge is -2.19. The van der Waals surface area contributed by atoms with Crippen molar-refractivity contribution in [2.45, 2.75) is 12.5 Å². The van der Waals surface area contributed by atoms with Gasteiger partial charge in [0.25, 0.3) is 5.91 Å². The van der Waals surface area contributed by atoms with Crippen LogP contribution in [0.1, 0.15) is 15.9 Å². The molecule has 148 valence electrons. The van der Waals surface area contributed by atoms with Crippen molar-refractivity contribution in [3.8, 4) is 0 Å². The lowest BCUT2D eigenvalue weighted by molar-refractivity contribution is -0.118. The predicted octanol–water partition coefficient (Wildman–Crippen LogP) is 3.73. The van der Waals surface area contributed by atoms with Gasteiger partial charge in [0.05, 0.1) is 0 Å². The highest BCUT2D eigenvalue weighted by Crippen LogP contribution is 2.13.